The first kappa shape index (κ1) is 15.4. The van der Waals surface area contributed by atoms with Crippen molar-refractivity contribution in [3.63, 3.8) is 0 Å². The molecule has 4 nitrogen and oxygen atoms in total. The van der Waals surface area contributed by atoms with Gasteiger partial charge in [-0.05, 0) is 37.5 Å². The van der Waals surface area contributed by atoms with Crippen LogP contribution in [0.3, 0.4) is 0 Å². The highest BCUT2D eigenvalue weighted by Crippen LogP contribution is 2.24. The van der Waals surface area contributed by atoms with Gasteiger partial charge in [0.15, 0.2) is 0 Å². The van der Waals surface area contributed by atoms with Gasteiger partial charge in [-0.1, -0.05) is 25.5 Å². The van der Waals surface area contributed by atoms with Crippen molar-refractivity contribution in [2.45, 2.75) is 39.2 Å². The Bertz CT molecular complexity index is 589. The molecule has 0 amide bonds. The third kappa shape index (κ3) is 3.74. The minimum Gasteiger partial charge on any atom is -0.394 e. The van der Waals surface area contributed by atoms with Crippen LogP contribution < -0.4 is 11.1 Å². The van der Waals surface area contributed by atoms with E-state index in [0.717, 1.165) is 42.0 Å². The number of aryl methyl sites for hydroxylation is 2. The van der Waals surface area contributed by atoms with E-state index in [-0.39, 0.29) is 11.9 Å². The number of benzene rings is 1. The Morgan fingerprint density at radius 1 is 1.33 bits per heavy atom. The standard InChI is InChI=1S/C16H23FN4/c1-4-5-14-15(18)16(21(3)20-14)19-11(2)10-12-6-8-13(17)9-7-12/h6-9,11,19H,4-5,10,18H2,1-3H3. The lowest BCUT2D eigenvalue weighted by atomic mass is 10.1. The summed E-state index contributed by atoms with van der Waals surface area (Å²) in [6.07, 6.45) is 2.70. The summed E-state index contributed by atoms with van der Waals surface area (Å²) in [4.78, 5) is 0. The molecule has 0 radical (unpaired) electrons. The summed E-state index contributed by atoms with van der Waals surface area (Å²) in [6, 6.07) is 6.77. The summed E-state index contributed by atoms with van der Waals surface area (Å²) < 4.78 is 14.7. The van der Waals surface area contributed by atoms with Crippen LogP contribution in [-0.2, 0) is 19.9 Å². The van der Waals surface area contributed by atoms with Crippen molar-refractivity contribution in [2.24, 2.45) is 7.05 Å². The minimum absolute atomic E-state index is 0.183. The highest BCUT2D eigenvalue weighted by atomic mass is 19.1. The van der Waals surface area contributed by atoms with Gasteiger partial charge >= 0.3 is 0 Å². The number of halogens is 1. The Labute approximate surface area is 125 Å². The van der Waals surface area contributed by atoms with Gasteiger partial charge in [0.05, 0.1) is 11.4 Å². The summed E-state index contributed by atoms with van der Waals surface area (Å²) >= 11 is 0. The molecule has 0 bridgehead atoms. The van der Waals surface area contributed by atoms with E-state index < -0.39 is 0 Å². The average molecular weight is 290 g/mol. The maximum Gasteiger partial charge on any atom is 0.147 e. The summed E-state index contributed by atoms with van der Waals surface area (Å²) in [7, 11) is 1.89. The fourth-order valence-corrected chi connectivity index (χ4v) is 2.45. The van der Waals surface area contributed by atoms with Crippen LogP contribution in [0.15, 0.2) is 24.3 Å². The van der Waals surface area contributed by atoms with Crippen molar-refractivity contribution in [3.05, 3.63) is 41.3 Å². The second-order valence-corrected chi connectivity index (χ2v) is 5.46. The monoisotopic (exact) mass is 290 g/mol. The van der Waals surface area contributed by atoms with Crippen LogP contribution in [0.5, 0.6) is 0 Å². The van der Waals surface area contributed by atoms with Crippen LogP contribution in [-0.4, -0.2) is 15.8 Å². The number of hydrogen-bond donors (Lipinski definition) is 2. The van der Waals surface area contributed by atoms with Crippen molar-refractivity contribution in [2.75, 3.05) is 11.1 Å². The highest BCUT2D eigenvalue weighted by Gasteiger charge is 2.14. The van der Waals surface area contributed by atoms with Crippen LogP contribution in [0.2, 0.25) is 0 Å². The molecule has 0 saturated carbocycles. The van der Waals surface area contributed by atoms with Gasteiger partial charge in [-0.15, -0.1) is 0 Å². The van der Waals surface area contributed by atoms with Crippen molar-refractivity contribution in [1.82, 2.24) is 9.78 Å². The first-order chi connectivity index (χ1) is 10.0. The summed E-state index contributed by atoms with van der Waals surface area (Å²) in [6.45, 7) is 4.19. The number of hydrogen-bond acceptors (Lipinski definition) is 3. The summed E-state index contributed by atoms with van der Waals surface area (Å²) in [5, 5.41) is 7.85. The fourth-order valence-electron chi connectivity index (χ4n) is 2.45. The van der Waals surface area contributed by atoms with Gasteiger partial charge in [-0.3, -0.25) is 4.68 Å². The lowest BCUT2D eigenvalue weighted by Crippen LogP contribution is -2.20. The van der Waals surface area contributed by atoms with E-state index in [4.69, 9.17) is 5.73 Å². The van der Waals surface area contributed by atoms with E-state index in [2.05, 4.69) is 24.3 Å². The molecular weight excluding hydrogens is 267 g/mol. The normalized spacial score (nSPS) is 12.4. The number of nitrogens with two attached hydrogens (primary N) is 1. The third-order valence-electron chi connectivity index (χ3n) is 3.49. The van der Waals surface area contributed by atoms with Gasteiger partial charge in [0.2, 0.25) is 0 Å². The quantitative estimate of drug-likeness (QED) is 0.859. The van der Waals surface area contributed by atoms with Gasteiger partial charge in [-0.25, -0.2) is 4.39 Å². The smallest absolute Gasteiger partial charge is 0.147 e. The molecule has 21 heavy (non-hydrogen) atoms. The Hall–Kier alpha value is -2.04. The van der Waals surface area contributed by atoms with Crippen molar-refractivity contribution >= 4 is 11.5 Å². The third-order valence-corrected chi connectivity index (χ3v) is 3.49. The molecule has 0 aliphatic rings. The molecule has 2 aromatic rings. The molecule has 1 aromatic carbocycles. The van der Waals surface area contributed by atoms with E-state index in [1.165, 1.54) is 12.1 Å². The molecule has 1 heterocycles. The number of rotatable bonds is 6. The number of nitrogens with one attached hydrogen (secondary N) is 1. The average Bonchev–Trinajstić information content (AvgIpc) is 2.70. The first-order valence-electron chi connectivity index (χ1n) is 7.33. The number of nitrogens with zero attached hydrogens (tertiary/aromatic N) is 2. The number of aromatic nitrogens is 2. The molecule has 2 rings (SSSR count). The lowest BCUT2D eigenvalue weighted by Gasteiger charge is -2.16. The molecule has 114 valence electrons. The second-order valence-electron chi connectivity index (χ2n) is 5.46. The van der Waals surface area contributed by atoms with Crippen molar-refractivity contribution in [3.8, 4) is 0 Å². The zero-order valence-electron chi connectivity index (χ0n) is 12.9. The molecular formula is C16H23FN4. The molecule has 0 saturated heterocycles. The number of nitrogen functional groups attached to an aromatic ring is 1. The van der Waals surface area contributed by atoms with Gasteiger partial charge in [0.25, 0.3) is 0 Å². The maximum atomic E-state index is 12.9. The number of anilines is 2. The zero-order chi connectivity index (χ0) is 15.4. The first-order valence-corrected chi connectivity index (χ1v) is 7.33. The van der Waals surface area contributed by atoms with Gasteiger partial charge in [0.1, 0.15) is 11.6 Å². The Morgan fingerprint density at radius 2 is 2.00 bits per heavy atom. The molecule has 0 fully saturated rings. The largest absolute Gasteiger partial charge is 0.394 e. The molecule has 1 atom stereocenters. The maximum absolute atomic E-state index is 12.9. The SMILES string of the molecule is CCCc1nn(C)c(NC(C)Cc2ccc(F)cc2)c1N. The Kier molecular flexibility index (Phi) is 4.83. The van der Waals surface area contributed by atoms with E-state index in [0.29, 0.717) is 0 Å². The van der Waals surface area contributed by atoms with Crippen LogP contribution in [0.25, 0.3) is 0 Å². The predicted octanol–water partition coefficient (Wildman–Crippen LogP) is 3.14. The van der Waals surface area contributed by atoms with E-state index >= 15 is 0 Å². The van der Waals surface area contributed by atoms with Crippen LogP contribution in [0.4, 0.5) is 15.9 Å². The van der Waals surface area contributed by atoms with Crippen LogP contribution >= 0.6 is 0 Å². The molecule has 0 spiro atoms. The zero-order valence-corrected chi connectivity index (χ0v) is 12.9. The van der Waals surface area contributed by atoms with E-state index in [1.54, 1.807) is 4.68 Å². The van der Waals surface area contributed by atoms with Gasteiger partial charge < -0.3 is 11.1 Å². The van der Waals surface area contributed by atoms with Crippen molar-refractivity contribution < 1.29 is 4.39 Å². The lowest BCUT2D eigenvalue weighted by molar-refractivity contribution is 0.626. The van der Waals surface area contributed by atoms with E-state index in [1.807, 2.05) is 19.2 Å². The minimum atomic E-state index is -0.209. The fraction of sp³-hybridized carbons (Fsp3) is 0.438. The molecule has 1 aromatic heterocycles. The highest BCUT2D eigenvalue weighted by molar-refractivity contribution is 5.65. The molecule has 3 N–H and O–H groups in total. The Morgan fingerprint density at radius 3 is 2.62 bits per heavy atom. The molecule has 5 heteroatoms. The molecule has 1 unspecified atom stereocenters. The summed E-state index contributed by atoms with van der Waals surface area (Å²) in [5.74, 6) is 0.646. The Balaban J connectivity index is 2.05. The molecule has 0 aliphatic carbocycles. The van der Waals surface area contributed by atoms with Gasteiger partial charge in [0, 0.05) is 13.1 Å². The predicted molar refractivity (Wildman–Crippen MR) is 84.8 cm³/mol. The van der Waals surface area contributed by atoms with Crippen LogP contribution in [0.1, 0.15) is 31.5 Å². The van der Waals surface area contributed by atoms with Crippen LogP contribution in [0, 0.1) is 5.82 Å². The van der Waals surface area contributed by atoms with Crippen molar-refractivity contribution in [1.29, 1.82) is 0 Å². The topological polar surface area (TPSA) is 55.9 Å². The van der Waals surface area contributed by atoms with E-state index in [9.17, 15) is 4.39 Å². The van der Waals surface area contributed by atoms with Gasteiger partial charge in [-0.2, -0.15) is 5.10 Å². The molecule has 0 aliphatic heterocycles. The second kappa shape index (κ2) is 6.61. The summed E-state index contributed by atoms with van der Waals surface area (Å²) in [5.41, 5.74) is 8.91.